The molecule has 1 saturated heterocycles. The van der Waals surface area contributed by atoms with Crippen LogP contribution in [0.15, 0.2) is 51.8 Å². The first-order valence-corrected chi connectivity index (χ1v) is 10.6. The molecule has 1 atom stereocenters. The zero-order chi connectivity index (χ0) is 22.0. The number of nitrogens with zero attached hydrogens (tertiary/aromatic N) is 1. The molecule has 1 fully saturated rings. The molecule has 2 aromatic rings. The van der Waals surface area contributed by atoms with Crippen LogP contribution < -0.4 is 5.32 Å². The molecule has 154 valence electrons. The monoisotopic (exact) mass is 506 g/mol. The van der Waals surface area contributed by atoms with Crippen LogP contribution in [-0.2, 0) is 9.59 Å². The Kier molecular flexibility index (Phi) is 6.59. The summed E-state index contributed by atoms with van der Waals surface area (Å²) in [5, 5.41) is 21.6. The van der Waals surface area contributed by atoms with Crippen molar-refractivity contribution in [3.63, 3.8) is 0 Å². The number of anilines is 1. The highest BCUT2D eigenvalue weighted by atomic mass is 79.9. The molecule has 1 unspecified atom stereocenters. The van der Waals surface area contributed by atoms with Crippen LogP contribution in [0.2, 0.25) is 0 Å². The van der Waals surface area contributed by atoms with Gasteiger partial charge in [0.15, 0.2) is 0 Å². The van der Waals surface area contributed by atoms with Gasteiger partial charge in [-0.25, -0.2) is 4.79 Å². The Labute approximate surface area is 189 Å². The van der Waals surface area contributed by atoms with Crippen LogP contribution in [0.4, 0.5) is 5.69 Å². The molecule has 0 aliphatic carbocycles. The number of rotatable bonds is 5. The number of phenolic OH excluding ortho intramolecular Hbond substituents is 1. The summed E-state index contributed by atoms with van der Waals surface area (Å²) in [6, 6.07) is 9.63. The molecule has 1 heterocycles. The third-order valence-electron chi connectivity index (χ3n) is 4.27. The number of aromatic carboxylic acids is 1. The molecule has 0 aromatic heterocycles. The summed E-state index contributed by atoms with van der Waals surface area (Å²) in [6.07, 6.45) is 1.52. The summed E-state index contributed by atoms with van der Waals surface area (Å²) in [7, 11) is 0. The van der Waals surface area contributed by atoms with Crippen LogP contribution in [0.25, 0.3) is 6.08 Å². The number of phenols is 1. The summed E-state index contributed by atoms with van der Waals surface area (Å²) < 4.78 is 0.966. The summed E-state index contributed by atoms with van der Waals surface area (Å²) in [4.78, 5) is 37.9. The molecule has 2 amide bonds. The first-order valence-electron chi connectivity index (χ1n) is 8.57. The molecule has 0 bridgehead atoms. The zero-order valence-electron chi connectivity index (χ0n) is 15.5. The molecule has 30 heavy (non-hydrogen) atoms. The average Bonchev–Trinajstić information content (AvgIpc) is 2.97. The van der Waals surface area contributed by atoms with E-state index in [-0.39, 0.29) is 15.6 Å². The number of aromatic hydroxyl groups is 1. The normalized spacial score (nSPS) is 16.1. The number of carbonyl (C=O) groups is 3. The molecular weight excluding hydrogens is 492 g/mol. The van der Waals surface area contributed by atoms with E-state index in [0.29, 0.717) is 16.2 Å². The van der Waals surface area contributed by atoms with Crippen molar-refractivity contribution in [3.8, 4) is 5.75 Å². The second-order valence-electron chi connectivity index (χ2n) is 6.30. The molecule has 7 nitrogen and oxygen atoms in total. The van der Waals surface area contributed by atoms with Crippen LogP contribution in [0, 0.1) is 0 Å². The zero-order valence-corrected chi connectivity index (χ0v) is 18.7. The van der Waals surface area contributed by atoms with Crippen molar-refractivity contribution < 1.29 is 24.6 Å². The standard InChI is InChI=1S/C20H15BrN2O5S2/c1-10(17(25)22-14-5-2-11(3-6-14)19(27)28)23-18(26)16(30-20(23)29)9-12-8-13(21)4-7-15(12)24/h2-10,24H,1H3,(H,22,25)(H,27,28)/b16-9-. The molecule has 2 aromatic carbocycles. The fourth-order valence-electron chi connectivity index (χ4n) is 2.66. The van der Waals surface area contributed by atoms with Crippen molar-refractivity contribution in [3.05, 3.63) is 63.0 Å². The first kappa shape index (κ1) is 22.0. The van der Waals surface area contributed by atoms with Crippen LogP contribution in [0.3, 0.4) is 0 Å². The number of benzene rings is 2. The number of thiocarbonyl (C=S) groups is 1. The van der Waals surface area contributed by atoms with Gasteiger partial charge in [-0.1, -0.05) is 39.9 Å². The van der Waals surface area contributed by atoms with E-state index in [2.05, 4.69) is 21.2 Å². The number of thioether (sulfide) groups is 1. The fraction of sp³-hybridized carbons (Fsp3) is 0.100. The Morgan fingerprint density at radius 2 is 1.90 bits per heavy atom. The maximum Gasteiger partial charge on any atom is 0.335 e. The van der Waals surface area contributed by atoms with Crippen LogP contribution in [0.1, 0.15) is 22.8 Å². The van der Waals surface area contributed by atoms with E-state index < -0.39 is 23.8 Å². The molecular formula is C20H15BrN2O5S2. The van der Waals surface area contributed by atoms with Gasteiger partial charge in [-0.15, -0.1) is 0 Å². The molecule has 10 heteroatoms. The van der Waals surface area contributed by atoms with Gasteiger partial charge in [0.2, 0.25) is 5.91 Å². The third-order valence-corrected chi connectivity index (χ3v) is 6.09. The summed E-state index contributed by atoms with van der Waals surface area (Å²) in [5.41, 5.74) is 0.941. The minimum Gasteiger partial charge on any atom is -0.507 e. The lowest BCUT2D eigenvalue weighted by molar-refractivity contribution is -0.129. The molecule has 1 aliphatic heterocycles. The van der Waals surface area contributed by atoms with Gasteiger partial charge in [0.1, 0.15) is 16.1 Å². The van der Waals surface area contributed by atoms with Gasteiger partial charge in [0, 0.05) is 15.7 Å². The second-order valence-corrected chi connectivity index (χ2v) is 8.89. The maximum absolute atomic E-state index is 12.8. The third kappa shape index (κ3) is 4.72. The van der Waals surface area contributed by atoms with E-state index in [9.17, 15) is 19.5 Å². The van der Waals surface area contributed by atoms with Gasteiger partial charge < -0.3 is 15.5 Å². The SMILES string of the molecule is CC(C(=O)Nc1ccc(C(=O)O)cc1)N1C(=O)/C(=C/c2cc(Br)ccc2O)SC1=S. The number of carboxylic acid groups (broad SMARTS) is 1. The Morgan fingerprint density at radius 1 is 1.23 bits per heavy atom. The average molecular weight is 507 g/mol. The van der Waals surface area contributed by atoms with E-state index >= 15 is 0 Å². The molecule has 0 saturated carbocycles. The van der Waals surface area contributed by atoms with E-state index in [0.717, 1.165) is 16.2 Å². The highest BCUT2D eigenvalue weighted by Crippen LogP contribution is 2.36. The molecule has 1 aliphatic rings. The van der Waals surface area contributed by atoms with E-state index in [1.165, 1.54) is 41.3 Å². The molecule has 0 spiro atoms. The second kappa shape index (κ2) is 8.99. The Morgan fingerprint density at radius 3 is 2.53 bits per heavy atom. The lowest BCUT2D eigenvalue weighted by Crippen LogP contribution is -2.44. The largest absolute Gasteiger partial charge is 0.507 e. The fourth-order valence-corrected chi connectivity index (χ4v) is 4.44. The number of hydrogen-bond donors (Lipinski definition) is 3. The Bertz CT molecular complexity index is 1090. The number of carboxylic acids is 1. The quantitative estimate of drug-likeness (QED) is 0.414. The van der Waals surface area contributed by atoms with Gasteiger partial charge in [-0.2, -0.15) is 0 Å². The topological polar surface area (TPSA) is 107 Å². The van der Waals surface area contributed by atoms with Crippen molar-refractivity contribution in [2.24, 2.45) is 0 Å². The molecule has 3 N–H and O–H groups in total. The summed E-state index contributed by atoms with van der Waals surface area (Å²) >= 11 is 9.65. The van der Waals surface area contributed by atoms with E-state index in [1.807, 2.05) is 0 Å². The van der Waals surface area contributed by atoms with Crippen LogP contribution in [0.5, 0.6) is 5.75 Å². The lowest BCUT2D eigenvalue weighted by Gasteiger charge is -2.22. The number of amides is 2. The van der Waals surface area contributed by atoms with Gasteiger partial charge in [0.25, 0.3) is 5.91 Å². The molecule has 0 radical (unpaired) electrons. The van der Waals surface area contributed by atoms with E-state index in [4.69, 9.17) is 17.3 Å². The van der Waals surface area contributed by atoms with Crippen molar-refractivity contribution in [2.45, 2.75) is 13.0 Å². The predicted molar refractivity (Wildman–Crippen MR) is 122 cm³/mol. The smallest absolute Gasteiger partial charge is 0.335 e. The van der Waals surface area contributed by atoms with Gasteiger partial charge in [-0.3, -0.25) is 14.5 Å². The summed E-state index contributed by atoms with van der Waals surface area (Å²) in [5.74, 6) is -1.96. The summed E-state index contributed by atoms with van der Waals surface area (Å²) in [6.45, 7) is 1.55. The Balaban J connectivity index is 1.76. The van der Waals surface area contributed by atoms with Crippen molar-refractivity contribution in [1.82, 2.24) is 4.90 Å². The highest BCUT2D eigenvalue weighted by Gasteiger charge is 2.38. The lowest BCUT2D eigenvalue weighted by atomic mass is 10.1. The molecule has 3 rings (SSSR count). The first-order chi connectivity index (χ1) is 14.2. The van der Waals surface area contributed by atoms with Crippen molar-refractivity contribution in [1.29, 1.82) is 0 Å². The van der Waals surface area contributed by atoms with Gasteiger partial charge in [-0.05, 0) is 55.5 Å². The van der Waals surface area contributed by atoms with Crippen molar-refractivity contribution in [2.75, 3.05) is 5.32 Å². The Hall–Kier alpha value is -2.69. The maximum atomic E-state index is 12.8. The minimum atomic E-state index is -1.07. The number of carbonyl (C=O) groups excluding carboxylic acids is 2. The number of hydrogen-bond acceptors (Lipinski definition) is 6. The van der Waals surface area contributed by atoms with Crippen LogP contribution >= 0.6 is 39.9 Å². The van der Waals surface area contributed by atoms with E-state index in [1.54, 1.807) is 19.1 Å². The minimum absolute atomic E-state index is 0.0130. The number of nitrogens with one attached hydrogen (secondary N) is 1. The van der Waals surface area contributed by atoms with Crippen LogP contribution in [-0.4, -0.2) is 43.3 Å². The van der Waals surface area contributed by atoms with Gasteiger partial charge in [0.05, 0.1) is 10.5 Å². The highest BCUT2D eigenvalue weighted by molar-refractivity contribution is 9.10. The predicted octanol–water partition coefficient (Wildman–Crippen LogP) is 4.08. The van der Waals surface area contributed by atoms with Gasteiger partial charge >= 0.3 is 5.97 Å². The van der Waals surface area contributed by atoms with Crippen molar-refractivity contribution >= 4 is 73.8 Å². The number of halogens is 1.